The number of hydrogen-bond donors (Lipinski definition) is 2. The van der Waals surface area contributed by atoms with E-state index in [0.29, 0.717) is 18.2 Å². The molecule has 2 N–H and O–H groups in total. The monoisotopic (exact) mass is 351 g/mol. The highest BCUT2D eigenvalue weighted by Gasteiger charge is 2.28. The van der Waals surface area contributed by atoms with E-state index in [1.54, 1.807) is 0 Å². The van der Waals surface area contributed by atoms with Crippen LogP contribution in [0.5, 0.6) is 0 Å². The lowest BCUT2D eigenvalue weighted by molar-refractivity contribution is 0.0699. The molecule has 1 saturated heterocycles. The number of aromatic amines is 2. The first-order chi connectivity index (χ1) is 12.5. The second-order valence-electron chi connectivity index (χ2n) is 7.55. The molecule has 1 atom stereocenters. The first-order valence-corrected chi connectivity index (χ1v) is 9.32. The molecule has 0 bridgehead atoms. The van der Waals surface area contributed by atoms with Crippen molar-refractivity contribution in [1.29, 1.82) is 0 Å². The van der Waals surface area contributed by atoms with Crippen molar-refractivity contribution in [3.8, 4) is 0 Å². The largest absolute Gasteiger partial charge is 0.342 e. The van der Waals surface area contributed by atoms with Crippen molar-refractivity contribution in [3.05, 3.63) is 47.0 Å². The number of benzene rings is 1. The second kappa shape index (κ2) is 6.59. The van der Waals surface area contributed by atoms with Gasteiger partial charge >= 0.3 is 0 Å². The Morgan fingerprint density at radius 1 is 1.35 bits per heavy atom. The number of para-hydroxylation sites is 1. The van der Waals surface area contributed by atoms with Crippen molar-refractivity contribution in [2.24, 2.45) is 0 Å². The van der Waals surface area contributed by atoms with Gasteiger partial charge < -0.3 is 9.88 Å². The van der Waals surface area contributed by atoms with Crippen LogP contribution in [0.2, 0.25) is 0 Å². The minimum atomic E-state index is 0.00476. The third-order valence-electron chi connectivity index (χ3n) is 5.27. The van der Waals surface area contributed by atoms with Crippen LogP contribution >= 0.6 is 0 Å². The number of carbonyl (C=O) groups is 1. The number of fused-ring (bicyclic) bond motifs is 1. The molecule has 1 fully saturated rings. The Balaban J connectivity index is 1.54. The van der Waals surface area contributed by atoms with E-state index >= 15 is 0 Å². The summed E-state index contributed by atoms with van der Waals surface area (Å²) in [4.78, 5) is 23.0. The minimum Gasteiger partial charge on any atom is -0.342 e. The standard InChI is InChI=1S/C20H25N5O/c1-12(2)16-10-17(24-23-16)20(26)25-9-5-7-14(11-25)19-21-15-8-4-6-13(3)18(15)22-19/h4,6,8,10,12,14H,5,7,9,11H2,1-3H3,(H,21,22)(H,23,24)/t14-/m0/s1. The predicted molar refractivity (Wildman–Crippen MR) is 101 cm³/mol. The van der Waals surface area contributed by atoms with Gasteiger partial charge in [0.25, 0.3) is 5.91 Å². The smallest absolute Gasteiger partial charge is 0.274 e. The summed E-state index contributed by atoms with van der Waals surface area (Å²) in [6.07, 6.45) is 2.02. The molecule has 1 amide bonds. The molecule has 1 aliphatic heterocycles. The molecular weight excluding hydrogens is 326 g/mol. The van der Waals surface area contributed by atoms with Crippen LogP contribution in [0.1, 0.15) is 66.1 Å². The van der Waals surface area contributed by atoms with Gasteiger partial charge in [0.1, 0.15) is 11.5 Å². The highest BCUT2D eigenvalue weighted by atomic mass is 16.2. The first-order valence-electron chi connectivity index (χ1n) is 9.32. The van der Waals surface area contributed by atoms with Gasteiger partial charge in [-0.2, -0.15) is 5.10 Å². The zero-order chi connectivity index (χ0) is 18.3. The quantitative estimate of drug-likeness (QED) is 0.754. The molecule has 4 rings (SSSR count). The summed E-state index contributed by atoms with van der Waals surface area (Å²) in [6.45, 7) is 7.71. The zero-order valence-electron chi connectivity index (χ0n) is 15.5. The average Bonchev–Trinajstić information content (AvgIpc) is 3.29. The summed E-state index contributed by atoms with van der Waals surface area (Å²) in [5.41, 5.74) is 4.77. The van der Waals surface area contributed by atoms with E-state index in [1.807, 2.05) is 17.0 Å². The van der Waals surface area contributed by atoms with Crippen LogP contribution in [0, 0.1) is 6.92 Å². The molecule has 1 aliphatic rings. The molecule has 3 heterocycles. The number of nitrogens with one attached hydrogen (secondary N) is 2. The van der Waals surface area contributed by atoms with E-state index in [0.717, 1.165) is 41.9 Å². The van der Waals surface area contributed by atoms with Gasteiger partial charge in [0.2, 0.25) is 0 Å². The normalized spacial score (nSPS) is 18.0. The van der Waals surface area contributed by atoms with E-state index in [-0.39, 0.29) is 11.8 Å². The van der Waals surface area contributed by atoms with E-state index in [2.05, 4.69) is 48.1 Å². The van der Waals surface area contributed by atoms with Crippen LogP contribution in [0.3, 0.4) is 0 Å². The molecule has 6 nitrogen and oxygen atoms in total. The predicted octanol–water partition coefficient (Wildman–Crippen LogP) is 3.74. The molecule has 2 aromatic heterocycles. The van der Waals surface area contributed by atoms with Crippen molar-refractivity contribution >= 4 is 16.9 Å². The molecule has 0 saturated carbocycles. The number of carbonyl (C=O) groups excluding carboxylic acids is 1. The number of piperidine rings is 1. The zero-order valence-corrected chi connectivity index (χ0v) is 15.5. The van der Waals surface area contributed by atoms with Crippen LogP contribution < -0.4 is 0 Å². The fraction of sp³-hybridized carbons (Fsp3) is 0.450. The molecular formula is C20H25N5O. The molecule has 1 aromatic carbocycles. The summed E-state index contributed by atoms with van der Waals surface area (Å²) in [5, 5.41) is 7.19. The Morgan fingerprint density at radius 2 is 2.19 bits per heavy atom. The number of aryl methyl sites for hydroxylation is 1. The lowest BCUT2D eigenvalue weighted by Crippen LogP contribution is -2.39. The first kappa shape index (κ1) is 16.8. The fourth-order valence-electron chi connectivity index (χ4n) is 3.68. The molecule has 0 radical (unpaired) electrons. The van der Waals surface area contributed by atoms with Gasteiger partial charge in [-0.1, -0.05) is 26.0 Å². The van der Waals surface area contributed by atoms with Crippen LogP contribution in [0.15, 0.2) is 24.3 Å². The van der Waals surface area contributed by atoms with Gasteiger partial charge in [-0.05, 0) is 43.4 Å². The SMILES string of the molecule is Cc1cccc2[nH]c([C@H]3CCCN(C(=O)c4cc(C(C)C)[nH]n4)C3)nc12. The molecule has 26 heavy (non-hydrogen) atoms. The number of nitrogens with zero attached hydrogens (tertiary/aromatic N) is 3. The van der Waals surface area contributed by atoms with Crippen LogP contribution in [-0.2, 0) is 0 Å². The van der Waals surface area contributed by atoms with E-state index in [9.17, 15) is 4.79 Å². The van der Waals surface area contributed by atoms with E-state index < -0.39 is 0 Å². The average molecular weight is 351 g/mol. The molecule has 0 unspecified atom stereocenters. The molecule has 136 valence electrons. The number of rotatable bonds is 3. The van der Waals surface area contributed by atoms with Gasteiger partial charge in [-0.25, -0.2) is 4.98 Å². The van der Waals surface area contributed by atoms with Crippen molar-refractivity contribution < 1.29 is 4.79 Å². The summed E-state index contributed by atoms with van der Waals surface area (Å²) in [5.74, 6) is 1.56. The Morgan fingerprint density at radius 3 is 2.92 bits per heavy atom. The highest BCUT2D eigenvalue weighted by Crippen LogP contribution is 2.28. The molecule has 0 spiro atoms. The summed E-state index contributed by atoms with van der Waals surface area (Å²) < 4.78 is 0. The van der Waals surface area contributed by atoms with Crippen molar-refractivity contribution in [2.45, 2.75) is 45.4 Å². The summed E-state index contributed by atoms with van der Waals surface area (Å²) in [7, 11) is 0. The molecule has 6 heteroatoms. The Hall–Kier alpha value is -2.63. The maximum Gasteiger partial charge on any atom is 0.274 e. The van der Waals surface area contributed by atoms with Gasteiger partial charge in [0, 0.05) is 24.7 Å². The van der Waals surface area contributed by atoms with E-state index in [4.69, 9.17) is 4.98 Å². The van der Waals surface area contributed by atoms with Gasteiger partial charge in [-0.15, -0.1) is 0 Å². The van der Waals surface area contributed by atoms with Crippen molar-refractivity contribution in [3.63, 3.8) is 0 Å². The lowest BCUT2D eigenvalue weighted by atomic mass is 9.97. The maximum absolute atomic E-state index is 12.9. The number of hydrogen-bond acceptors (Lipinski definition) is 3. The third kappa shape index (κ3) is 3.00. The number of imidazole rings is 1. The summed E-state index contributed by atoms with van der Waals surface area (Å²) >= 11 is 0. The highest BCUT2D eigenvalue weighted by molar-refractivity contribution is 5.92. The maximum atomic E-state index is 12.9. The number of aromatic nitrogens is 4. The summed E-state index contributed by atoms with van der Waals surface area (Å²) in [6, 6.07) is 8.05. The molecule has 0 aliphatic carbocycles. The molecule has 3 aromatic rings. The van der Waals surface area contributed by atoms with Crippen molar-refractivity contribution in [2.75, 3.05) is 13.1 Å². The minimum absolute atomic E-state index is 0.00476. The van der Waals surface area contributed by atoms with Gasteiger partial charge in [0.15, 0.2) is 0 Å². The number of H-pyrrole nitrogens is 2. The van der Waals surface area contributed by atoms with Crippen LogP contribution in [-0.4, -0.2) is 44.1 Å². The van der Waals surface area contributed by atoms with Crippen molar-refractivity contribution in [1.82, 2.24) is 25.1 Å². The van der Waals surface area contributed by atoms with Crippen LogP contribution in [0.25, 0.3) is 11.0 Å². The Bertz CT molecular complexity index is 939. The second-order valence-corrected chi connectivity index (χ2v) is 7.55. The Kier molecular flexibility index (Phi) is 4.26. The van der Waals surface area contributed by atoms with E-state index in [1.165, 1.54) is 5.56 Å². The van der Waals surface area contributed by atoms with Crippen LogP contribution in [0.4, 0.5) is 0 Å². The number of likely N-dealkylation sites (tertiary alicyclic amines) is 1. The van der Waals surface area contributed by atoms with Gasteiger partial charge in [0.05, 0.1) is 11.0 Å². The number of amides is 1. The fourth-order valence-corrected chi connectivity index (χ4v) is 3.68. The Labute approximate surface area is 153 Å². The topological polar surface area (TPSA) is 77.7 Å². The lowest BCUT2D eigenvalue weighted by Gasteiger charge is -2.31. The third-order valence-corrected chi connectivity index (χ3v) is 5.27. The van der Waals surface area contributed by atoms with Gasteiger partial charge in [-0.3, -0.25) is 9.89 Å².